The number of nitrogens with zero attached hydrogens (tertiary/aromatic N) is 3. The largest absolute Gasteiger partial charge is 0.497 e. The minimum atomic E-state index is -0.177. The molecule has 2 aromatic heterocycles. The topological polar surface area (TPSA) is 51.5 Å². The summed E-state index contributed by atoms with van der Waals surface area (Å²) in [7, 11) is 3.30. The van der Waals surface area contributed by atoms with E-state index in [4.69, 9.17) is 33.3 Å². The summed E-state index contributed by atoms with van der Waals surface area (Å²) in [6.07, 6.45) is 1.81. The first-order chi connectivity index (χ1) is 17.8. The highest BCUT2D eigenvalue weighted by atomic mass is 35.5. The minimum Gasteiger partial charge on any atom is -0.497 e. The molecular formula is C29H29ClN4O2S. The van der Waals surface area contributed by atoms with E-state index in [0.717, 1.165) is 39.6 Å². The normalized spacial score (nSPS) is 17.1. The van der Waals surface area contributed by atoms with Crippen LogP contribution in [0.2, 0.25) is 5.02 Å². The summed E-state index contributed by atoms with van der Waals surface area (Å²) in [4.78, 5) is 6.82. The van der Waals surface area contributed by atoms with Gasteiger partial charge in [0.1, 0.15) is 11.5 Å². The Kier molecular flexibility index (Phi) is 6.84. The fraction of sp³-hybridized carbons (Fsp3) is 0.241. The average molecular weight is 533 g/mol. The molecule has 0 spiro atoms. The third kappa shape index (κ3) is 4.43. The molecule has 3 heterocycles. The van der Waals surface area contributed by atoms with Gasteiger partial charge in [0.2, 0.25) is 0 Å². The van der Waals surface area contributed by atoms with E-state index in [0.29, 0.717) is 21.6 Å². The number of rotatable bonds is 6. The standard InChI is InChI=1S/C29H29ClN4O2S/c1-17-9-10-20(30)15-25(17)33-18(2)14-22(19(33)3)28-27(23-8-6-7-13-31-23)32-29(37)34(28)24-12-11-21(35-4)16-26(24)36-5/h6-16,27-28H,1-5H3,(H,32,37)/t27-,28+/m1/s1. The zero-order valence-corrected chi connectivity index (χ0v) is 23.0. The van der Waals surface area contributed by atoms with Gasteiger partial charge in [-0.3, -0.25) is 4.98 Å². The van der Waals surface area contributed by atoms with Crippen molar-refractivity contribution < 1.29 is 9.47 Å². The van der Waals surface area contributed by atoms with Crippen LogP contribution in [0.4, 0.5) is 5.69 Å². The number of thiocarbonyl (C=S) groups is 1. The van der Waals surface area contributed by atoms with Gasteiger partial charge in [-0.1, -0.05) is 23.7 Å². The van der Waals surface area contributed by atoms with Crippen LogP contribution in [-0.4, -0.2) is 28.9 Å². The third-order valence-electron chi connectivity index (χ3n) is 6.95. The maximum atomic E-state index is 6.41. The van der Waals surface area contributed by atoms with E-state index < -0.39 is 0 Å². The average Bonchev–Trinajstić information content (AvgIpc) is 3.40. The van der Waals surface area contributed by atoms with Crippen LogP contribution >= 0.6 is 23.8 Å². The van der Waals surface area contributed by atoms with Crippen LogP contribution in [0.15, 0.2) is 66.9 Å². The van der Waals surface area contributed by atoms with Gasteiger partial charge in [0, 0.05) is 34.4 Å². The van der Waals surface area contributed by atoms with Crippen molar-refractivity contribution in [3.8, 4) is 17.2 Å². The van der Waals surface area contributed by atoms with Crippen LogP contribution in [0.1, 0.15) is 40.3 Å². The summed E-state index contributed by atoms with van der Waals surface area (Å²) >= 11 is 12.3. The predicted octanol–water partition coefficient (Wildman–Crippen LogP) is 6.65. The Morgan fingerprint density at radius 1 is 0.946 bits per heavy atom. The molecule has 6 nitrogen and oxygen atoms in total. The van der Waals surface area contributed by atoms with Crippen molar-refractivity contribution in [1.29, 1.82) is 0 Å². The molecule has 1 fully saturated rings. The lowest BCUT2D eigenvalue weighted by Crippen LogP contribution is -2.30. The lowest BCUT2D eigenvalue weighted by Gasteiger charge is -2.29. The van der Waals surface area contributed by atoms with Gasteiger partial charge in [-0.25, -0.2) is 0 Å². The van der Waals surface area contributed by atoms with Crippen LogP contribution in [0.5, 0.6) is 11.5 Å². The summed E-state index contributed by atoms with van der Waals surface area (Å²) in [6, 6.07) is 19.6. The highest BCUT2D eigenvalue weighted by Gasteiger charge is 2.43. The van der Waals surface area contributed by atoms with Crippen molar-refractivity contribution in [1.82, 2.24) is 14.9 Å². The molecule has 1 saturated heterocycles. The van der Waals surface area contributed by atoms with Crippen LogP contribution < -0.4 is 19.7 Å². The van der Waals surface area contributed by atoms with E-state index in [9.17, 15) is 0 Å². The second-order valence-electron chi connectivity index (χ2n) is 9.13. The molecule has 5 rings (SSSR count). The lowest BCUT2D eigenvalue weighted by atomic mass is 9.96. The van der Waals surface area contributed by atoms with E-state index in [-0.39, 0.29) is 12.1 Å². The highest BCUT2D eigenvalue weighted by Crippen LogP contribution is 2.47. The zero-order valence-electron chi connectivity index (χ0n) is 21.4. The number of anilines is 1. The summed E-state index contributed by atoms with van der Waals surface area (Å²) in [6.45, 7) is 6.36. The number of benzene rings is 2. The van der Waals surface area contributed by atoms with Crippen LogP contribution in [0.3, 0.4) is 0 Å². The van der Waals surface area contributed by atoms with Gasteiger partial charge in [-0.05, 0) is 86.6 Å². The van der Waals surface area contributed by atoms with Gasteiger partial charge in [0.25, 0.3) is 0 Å². The molecule has 8 heteroatoms. The molecule has 1 N–H and O–H groups in total. The fourth-order valence-electron chi connectivity index (χ4n) is 5.20. The molecule has 2 atom stereocenters. The van der Waals surface area contributed by atoms with Gasteiger partial charge in [0.05, 0.1) is 37.7 Å². The molecule has 37 heavy (non-hydrogen) atoms. The number of hydrogen-bond acceptors (Lipinski definition) is 4. The minimum absolute atomic E-state index is 0.171. The molecule has 0 unspecified atom stereocenters. The number of aryl methyl sites for hydroxylation is 2. The van der Waals surface area contributed by atoms with E-state index >= 15 is 0 Å². The summed E-state index contributed by atoms with van der Waals surface area (Å²) < 4.78 is 13.5. The number of ether oxygens (including phenoxy) is 2. The third-order valence-corrected chi connectivity index (χ3v) is 7.50. The lowest BCUT2D eigenvalue weighted by molar-refractivity contribution is 0.394. The SMILES string of the molecule is COc1ccc(N2C(=S)N[C@H](c3ccccn3)[C@@H]2c2cc(C)n(-c3cc(Cl)ccc3C)c2C)c(OC)c1. The number of aromatic nitrogens is 2. The first-order valence-corrected chi connectivity index (χ1v) is 12.8. The number of pyridine rings is 1. The maximum Gasteiger partial charge on any atom is 0.174 e. The number of halogens is 1. The zero-order chi connectivity index (χ0) is 26.3. The Balaban J connectivity index is 1.72. The molecule has 0 amide bonds. The van der Waals surface area contributed by atoms with Gasteiger partial charge < -0.3 is 24.3 Å². The van der Waals surface area contributed by atoms with Gasteiger partial charge in [-0.2, -0.15) is 0 Å². The summed E-state index contributed by atoms with van der Waals surface area (Å²) in [5, 5.41) is 4.85. The Morgan fingerprint density at radius 2 is 1.76 bits per heavy atom. The number of methoxy groups -OCH3 is 2. The monoisotopic (exact) mass is 532 g/mol. The second-order valence-corrected chi connectivity index (χ2v) is 9.95. The first-order valence-electron chi connectivity index (χ1n) is 12.0. The van der Waals surface area contributed by atoms with E-state index in [1.807, 2.05) is 60.8 Å². The molecule has 4 aromatic rings. The Labute approximate surface area is 227 Å². The Morgan fingerprint density at radius 3 is 2.46 bits per heavy atom. The molecule has 2 aromatic carbocycles. The molecule has 0 saturated carbocycles. The smallest absolute Gasteiger partial charge is 0.174 e. The van der Waals surface area contributed by atoms with E-state index in [1.54, 1.807) is 14.2 Å². The molecule has 1 aliphatic rings. The quantitative estimate of drug-likeness (QED) is 0.281. The molecular weight excluding hydrogens is 504 g/mol. The van der Waals surface area contributed by atoms with Crippen molar-refractivity contribution >= 4 is 34.6 Å². The van der Waals surface area contributed by atoms with Crippen molar-refractivity contribution in [2.24, 2.45) is 0 Å². The maximum absolute atomic E-state index is 6.41. The predicted molar refractivity (Wildman–Crippen MR) is 152 cm³/mol. The van der Waals surface area contributed by atoms with Gasteiger partial charge in [0.15, 0.2) is 5.11 Å². The van der Waals surface area contributed by atoms with Crippen LogP contribution in [-0.2, 0) is 0 Å². The van der Waals surface area contributed by atoms with Crippen LogP contribution in [0, 0.1) is 20.8 Å². The highest BCUT2D eigenvalue weighted by molar-refractivity contribution is 7.80. The molecule has 0 bridgehead atoms. The van der Waals surface area contributed by atoms with E-state index in [2.05, 4.69) is 46.6 Å². The van der Waals surface area contributed by atoms with Gasteiger partial charge in [-0.15, -0.1) is 0 Å². The van der Waals surface area contributed by atoms with E-state index in [1.165, 1.54) is 0 Å². The van der Waals surface area contributed by atoms with Crippen molar-refractivity contribution in [2.45, 2.75) is 32.9 Å². The molecule has 0 aliphatic carbocycles. The Hall–Kier alpha value is -3.55. The molecule has 0 radical (unpaired) electrons. The number of hydrogen-bond donors (Lipinski definition) is 1. The Bertz CT molecular complexity index is 1470. The van der Waals surface area contributed by atoms with Crippen molar-refractivity contribution in [3.05, 3.63) is 100 Å². The number of nitrogens with one attached hydrogen (secondary N) is 1. The summed E-state index contributed by atoms with van der Waals surface area (Å²) in [5.74, 6) is 1.39. The first kappa shape index (κ1) is 25.1. The second kappa shape index (κ2) is 10.1. The molecule has 190 valence electrons. The van der Waals surface area contributed by atoms with Gasteiger partial charge >= 0.3 is 0 Å². The summed E-state index contributed by atoms with van der Waals surface area (Å²) in [5.41, 5.74) is 7.33. The molecule has 1 aliphatic heterocycles. The fourth-order valence-corrected chi connectivity index (χ4v) is 5.70. The van der Waals surface area contributed by atoms with Crippen LogP contribution in [0.25, 0.3) is 5.69 Å². The van der Waals surface area contributed by atoms with Crippen molar-refractivity contribution in [2.75, 3.05) is 19.1 Å². The van der Waals surface area contributed by atoms with Crippen molar-refractivity contribution in [3.63, 3.8) is 0 Å².